The van der Waals surface area contributed by atoms with E-state index in [4.69, 9.17) is 4.74 Å². The third-order valence-corrected chi connectivity index (χ3v) is 4.10. The van der Waals surface area contributed by atoms with Crippen molar-refractivity contribution in [3.63, 3.8) is 0 Å². The van der Waals surface area contributed by atoms with Gasteiger partial charge in [-0.3, -0.25) is 0 Å². The summed E-state index contributed by atoms with van der Waals surface area (Å²) in [6.45, 7) is 4.22. The highest BCUT2D eigenvalue weighted by atomic mass is 16.5. The third kappa shape index (κ3) is 3.09. The Morgan fingerprint density at radius 1 is 1.42 bits per heavy atom. The fourth-order valence-corrected chi connectivity index (χ4v) is 2.98. The highest BCUT2D eigenvalue weighted by Crippen LogP contribution is 2.32. The van der Waals surface area contributed by atoms with Gasteiger partial charge in [0, 0.05) is 11.7 Å². The molecular formula is C16H23NO2. The quantitative estimate of drug-likeness (QED) is 0.838. The molecule has 1 N–H and O–H groups in total. The van der Waals surface area contributed by atoms with E-state index in [-0.39, 0.29) is 5.97 Å². The summed E-state index contributed by atoms with van der Waals surface area (Å²) in [5, 5.41) is 3.55. The lowest BCUT2D eigenvalue weighted by Crippen LogP contribution is -2.24. The molecule has 3 nitrogen and oxygen atoms in total. The van der Waals surface area contributed by atoms with Gasteiger partial charge in [0.15, 0.2) is 0 Å². The number of benzene rings is 1. The fraction of sp³-hybridized carbons (Fsp3) is 0.562. The van der Waals surface area contributed by atoms with E-state index < -0.39 is 0 Å². The Bertz CT molecular complexity index is 456. The number of esters is 1. The van der Waals surface area contributed by atoms with Crippen molar-refractivity contribution in [2.45, 2.75) is 45.6 Å². The van der Waals surface area contributed by atoms with Gasteiger partial charge in [0.1, 0.15) is 0 Å². The Balaban J connectivity index is 2.22. The molecule has 0 heterocycles. The fourth-order valence-electron chi connectivity index (χ4n) is 2.98. The summed E-state index contributed by atoms with van der Waals surface area (Å²) in [6, 6.07) is 6.40. The maximum Gasteiger partial charge on any atom is 0.339 e. The zero-order valence-electron chi connectivity index (χ0n) is 12.0. The number of carbonyl (C=O) groups is 1. The molecule has 1 aromatic carbocycles. The molecule has 0 aliphatic heterocycles. The van der Waals surface area contributed by atoms with Crippen molar-refractivity contribution >= 4 is 11.7 Å². The number of anilines is 1. The number of hydrogen-bond acceptors (Lipinski definition) is 3. The Hall–Kier alpha value is -1.51. The highest BCUT2D eigenvalue weighted by Gasteiger charge is 2.26. The van der Waals surface area contributed by atoms with Crippen LogP contribution in [0.25, 0.3) is 0 Å². The second-order valence-corrected chi connectivity index (χ2v) is 5.39. The number of aryl methyl sites for hydroxylation is 1. The second-order valence-electron chi connectivity index (χ2n) is 5.39. The molecule has 0 radical (unpaired) electrons. The Kier molecular flexibility index (Phi) is 4.46. The van der Waals surface area contributed by atoms with E-state index in [2.05, 4.69) is 12.2 Å². The SMILES string of the molecule is CCC1CCCC1Nc1ccc(C)cc1C(=O)OC. The van der Waals surface area contributed by atoms with Crippen LogP contribution in [0.5, 0.6) is 0 Å². The number of hydrogen-bond donors (Lipinski definition) is 1. The summed E-state index contributed by atoms with van der Waals surface area (Å²) in [6.07, 6.45) is 4.94. The molecule has 1 aliphatic carbocycles. The second kappa shape index (κ2) is 6.09. The summed E-state index contributed by atoms with van der Waals surface area (Å²) >= 11 is 0. The van der Waals surface area contributed by atoms with Gasteiger partial charge in [0.25, 0.3) is 0 Å². The van der Waals surface area contributed by atoms with E-state index in [1.54, 1.807) is 0 Å². The molecule has 1 aromatic rings. The molecule has 104 valence electrons. The van der Waals surface area contributed by atoms with Gasteiger partial charge in [0.05, 0.1) is 12.7 Å². The minimum Gasteiger partial charge on any atom is -0.465 e. The van der Waals surface area contributed by atoms with Crippen LogP contribution in [0.3, 0.4) is 0 Å². The summed E-state index contributed by atoms with van der Waals surface area (Å²) in [4.78, 5) is 11.8. The Morgan fingerprint density at radius 2 is 2.21 bits per heavy atom. The lowest BCUT2D eigenvalue weighted by Gasteiger charge is -2.22. The van der Waals surface area contributed by atoms with Gasteiger partial charge in [-0.2, -0.15) is 0 Å². The zero-order valence-corrected chi connectivity index (χ0v) is 12.0. The van der Waals surface area contributed by atoms with Crippen LogP contribution >= 0.6 is 0 Å². The van der Waals surface area contributed by atoms with Crippen molar-refractivity contribution in [1.29, 1.82) is 0 Å². The summed E-state index contributed by atoms with van der Waals surface area (Å²) < 4.78 is 4.87. The summed E-state index contributed by atoms with van der Waals surface area (Å²) in [7, 11) is 1.43. The zero-order chi connectivity index (χ0) is 13.8. The molecule has 0 aromatic heterocycles. The molecule has 2 atom stereocenters. The first-order valence-electron chi connectivity index (χ1n) is 7.11. The Morgan fingerprint density at radius 3 is 2.89 bits per heavy atom. The van der Waals surface area contributed by atoms with Crippen molar-refractivity contribution in [2.75, 3.05) is 12.4 Å². The number of rotatable bonds is 4. The lowest BCUT2D eigenvalue weighted by atomic mass is 9.99. The van der Waals surface area contributed by atoms with Crippen LogP contribution in [0.1, 0.15) is 48.5 Å². The van der Waals surface area contributed by atoms with Crippen LogP contribution in [0, 0.1) is 12.8 Å². The molecule has 1 saturated carbocycles. The van der Waals surface area contributed by atoms with Gasteiger partial charge >= 0.3 is 5.97 Å². The van der Waals surface area contributed by atoms with Gasteiger partial charge in [0.2, 0.25) is 0 Å². The molecule has 19 heavy (non-hydrogen) atoms. The predicted molar refractivity (Wildman–Crippen MR) is 77.6 cm³/mol. The van der Waals surface area contributed by atoms with Crippen LogP contribution in [-0.2, 0) is 4.74 Å². The summed E-state index contributed by atoms with van der Waals surface area (Å²) in [5.41, 5.74) is 2.62. The first-order valence-corrected chi connectivity index (χ1v) is 7.11. The lowest BCUT2D eigenvalue weighted by molar-refractivity contribution is 0.0601. The largest absolute Gasteiger partial charge is 0.465 e. The average Bonchev–Trinajstić information content (AvgIpc) is 2.87. The minimum absolute atomic E-state index is 0.266. The molecule has 0 spiro atoms. The number of nitrogens with one attached hydrogen (secondary N) is 1. The van der Waals surface area contributed by atoms with E-state index in [0.717, 1.165) is 11.3 Å². The summed E-state index contributed by atoms with van der Waals surface area (Å²) in [5.74, 6) is 0.448. The maximum atomic E-state index is 11.8. The van der Waals surface area contributed by atoms with E-state index in [9.17, 15) is 4.79 Å². The first-order chi connectivity index (χ1) is 9.15. The van der Waals surface area contributed by atoms with Gasteiger partial charge in [-0.15, -0.1) is 0 Å². The molecule has 1 fully saturated rings. The van der Waals surface area contributed by atoms with E-state index in [0.29, 0.717) is 17.5 Å². The van der Waals surface area contributed by atoms with E-state index in [1.807, 2.05) is 25.1 Å². The number of carbonyl (C=O) groups excluding carboxylic acids is 1. The van der Waals surface area contributed by atoms with E-state index in [1.165, 1.54) is 32.8 Å². The van der Waals surface area contributed by atoms with E-state index >= 15 is 0 Å². The van der Waals surface area contributed by atoms with Gasteiger partial charge in [-0.25, -0.2) is 4.79 Å². The van der Waals surface area contributed by atoms with Crippen molar-refractivity contribution in [2.24, 2.45) is 5.92 Å². The van der Waals surface area contributed by atoms with Crippen LogP contribution in [0.2, 0.25) is 0 Å². The van der Waals surface area contributed by atoms with Crippen molar-refractivity contribution < 1.29 is 9.53 Å². The maximum absolute atomic E-state index is 11.8. The molecular weight excluding hydrogens is 238 g/mol. The Labute approximate surface area is 115 Å². The van der Waals surface area contributed by atoms with Crippen LogP contribution in [0.4, 0.5) is 5.69 Å². The predicted octanol–water partition coefficient (Wildman–Crippen LogP) is 3.77. The molecule has 0 amide bonds. The molecule has 0 bridgehead atoms. The normalized spacial score (nSPS) is 22.3. The topological polar surface area (TPSA) is 38.3 Å². The van der Waals surface area contributed by atoms with Crippen LogP contribution in [-0.4, -0.2) is 19.1 Å². The molecule has 3 heteroatoms. The van der Waals surface area contributed by atoms with Crippen molar-refractivity contribution in [3.05, 3.63) is 29.3 Å². The average molecular weight is 261 g/mol. The van der Waals surface area contributed by atoms with Crippen LogP contribution < -0.4 is 5.32 Å². The molecule has 2 rings (SSSR count). The number of methoxy groups -OCH3 is 1. The van der Waals surface area contributed by atoms with Gasteiger partial charge < -0.3 is 10.1 Å². The third-order valence-electron chi connectivity index (χ3n) is 4.10. The van der Waals surface area contributed by atoms with Gasteiger partial charge in [-0.1, -0.05) is 31.4 Å². The van der Waals surface area contributed by atoms with Crippen molar-refractivity contribution in [3.8, 4) is 0 Å². The minimum atomic E-state index is -0.266. The van der Waals surface area contributed by atoms with Gasteiger partial charge in [-0.05, 0) is 37.8 Å². The highest BCUT2D eigenvalue weighted by molar-refractivity contribution is 5.95. The molecule has 0 saturated heterocycles. The standard InChI is InChI=1S/C16H23NO2/c1-4-12-6-5-7-14(12)17-15-9-8-11(2)10-13(15)16(18)19-3/h8-10,12,14,17H,4-7H2,1-3H3. The molecule has 1 aliphatic rings. The smallest absolute Gasteiger partial charge is 0.339 e. The first kappa shape index (κ1) is 13.9. The van der Waals surface area contributed by atoms with Crippen LogP contribution in [0.15, 0.2) is 18.2 Å². The van der Waals surface area contributed by atoms with Crippen molar-refractivity contribution in [1.82, 2.24) is 0 Å². The number of ether oxygens (including phenoxy) is 1. The monoisotopic (exact) mass is 261 g/mol. The molecule has 2 unspecified atom stereocenters.